The third-order valence-electron chi connectivity index (χ3n) is 5.03. The number of nitrogens with zero attached hydrogens (tertiary/aromatic N) is 3. The molecule has 140 valence electrons. The van der Waals surface area contributed by atoms with Gasteiger partial charge in [-0.1, -0.05) is 17.7 Å². The van der Waals surface area contributed by atoms with Gasteiger partial charge in [-0.3, -0.25) is 4.90 Å². The number of rotatable bonds is 5. The molecular weight excluding hydrogens is 362 g/mol. The van der Waals surface area contributed by atoms with Crippen molar-refractivity contribution in [1.29, 1.82) is 0 Å². The van der Waals surface area contributed by atoms with Crippen molar-refractivity contribution in [2.75, 3.05) is 27.3 Å². The largest absolute Gasteiger partial charge is 0.493 e. The van der Waals surface area contributed by atoms with Crippen LogP contribution in [0.25, 0.3) is 11.0 Å². The van der Waals surface area contributed by atoms with E-state index in [0.29, 0.717) is 5.02 Å². The molecule has 3 aromatic rings. The van der Waals surface area contributed by atoms with E-state index in [2.05, 4.69) is 28.1 Å². The van der Waals surface area contributed by atoms with E-state index in [9.17, 15) is 0 Å². The lowest BCUT2D eigenvalue weighted by Crippen LogP contribution is -2.32. The van der Waals surface area contributed by atoms with Crippen molar-refractivity contribution in [1.82, 2.24) is 14.9 Å². The zero-order valence-electron chi connectivity index (χ0n) is 15.5. The van der Waals surface area contributed by atoms with E-state index in [-0.39, 0.29) is 0 Å². The minimum Gasteiger partial charge on any atom is -0.493 e. The van der Waals surface area contributed by atoms with Gasteiger partial charge in [0.05, 0.1) is 19.2 Å². The van der Waals surface area contributed by atoms with Gasteiger partial charge in [0.25, 0.3) is 0 Å². The van der Waals surface area contributed by atoms with Crippen LogP contribution in [0, 0.1) is 0 Å². The first-order valence-electron chi connectivity index (χ1n) is 9.03. The number of hydrogen-bond donors (Lipinski definition) is 0. The van der Waals surface area contributed by atoms with Crippen molar-refractivity contribution >= 4 is 22.6 Å². The average Bonchev–Trinajstić information content (AvgIpc) is 2.70. The highest BCUT2D eigenvalue weighted by Crippen LogP contribution is 2.28. The Bertz CT molecular complexity index is 977. The Labute approximate surface area is 163 Å². The SMILES string of the molecule is COc1ccc(CCN2CCc3nc4ncc(Cl)cc4cc3C2)cc1OC. The molecule has 5 nitrogen and oxygen atoms in total. The van der Waals surface area contributed by atoms with Crippen LogP contribution in [0.4, 0.5) is 0 Å². The Morgan fingerprint density at radius 2 is 1.96 bits per heavy atom. The summed E-state index contributed by atoms with van der Waals surface area (Å²) in [6.07, 6.45) is 3.56. The summed E-state index contributed by atoms with van der Waals surface area (Å²) in [7, 11) is 3.32. The molecule has 0 amide bonds. The maximum absolute atomic E-state index is 6.07. The van der Waals surface area contributed by atoms with Gasteiger partial charge in [-0.05, 0) is 41.8 Å². The lowest BCUT2D eigenvalue weighted by atomic mass is 10.0. The molecule has 3 heterocycles. The Balaban J connectivity index is 1.46. The summed E-state index contributed by atoms with van der Waals surface area (Å²) in [5.74, 6) is 1.54. The zero-order valence-corrected chi connectivity index (χ0v) is 16.3. The first-order chi connectivity index (χ1) is 13.2. The highest BCUT2D eigenvalue weighted by Gasteiger charge is 2.18. The molecule has 0 unspecified atom stereocenters. The van der Waals surface area contributed by atoms with E-state index in [1.54, 1.807) is 20.4 Å². The second-order valence-corrected chi connectivity index (χ2v) is 7.20. The number of hydrogen-bond acceptors (Lipinski definition) is 5. The van der Waals surface area contributed by atoms with Crippen molar-refractivity contribution < 1.29 is 9.47 Å². The molecule has 0 fully saturated rings. The van der Waals surface area contributed by atoms with Gasteiger partial charge in [0.15, 0.2) is 17.1 Å². The van der Waals surface area contributed by atoms with Crippen LogP contribution in [0.5, 0.6) is 11.5 Å². The minimum atomic E-state index is 0.644. The second kappa shape index (κ2) is 7.71. The summed E-state index contributed by atoms with van der Waals surface area (Å²) in [5.41, 5.74) is 4.44. The van der Waals surface area contributed by atoms with Crippen molar-refractivity contribution in [3.05, 3.63) is 58.4 Å². The Morgan fingerprint density at radius 1 is 1.11 bits per heavy atom. The van der Waals surface area contributed by atoms with Gasteiger partial charge in [0, 0.05) is 43.3 Å². The monoisotopic (exact) mass is 383 g/mol. The van der Waals surface area contributed by atoms with Crippen LogP contribution < -0.4 is 9.47 Å². The fourth-order valence-electron chi connectivity index (χ4n) is 3.57. The van der Waals surface area contributed by atoms with E-state index >= 15 is 0 Å². The standard InChI is InChI=1S/C21H22ClN3O2/c1-26-19-4-3-14(9-20(19)27-2)5-7-25-8-6-18-16(13-25)10-15-11-17(22)12-23-21(15)24-18/h3-4,9-12H,5-8,13H2,1-2H3. The number of methoxy groups -OCH3 is 2. The first-order valence-corrected chi connectivity index (χ1v) is 9.41. The molecule has 0 atom stereocenters. The molecule has 0 aliphatic carbocycles. The van der Waals surface area contributed by atoms with Gasteiger partial charge in [-0.15, -0.1) is 0 Å². The normalized spacial score (nSPS) is 14.2. The van der Waals surface area contributed by atoms with E-state index < -0.39 is 0 Å². The highest BCUT2D eigenvalue weighted by molar-refractivity contribution is 6.31. The van der Waals surface area contributed by atoms with E-state index in [0.717, 1.165) is 60.7 Å². The molecule has 0 N–H and O–H groups in total. The molecular formula is C21H22ClN3O2. The summed E-state index contributed by atoms with van der Waals surface area (Å²) in [6.45, 7) is 2.89. The van der Waals surface area contributed by atoms with E-state index in [4.69, 9.17) is 26.1 Å². The number of fused-ring (bicyclic) bond motifs is 2. The van der Waals surface area contributed by atoms with Crippen molar-refractivity contribution in [2.24, 2.45) is 0 Å². The summed E-state index contributed by atoms with van der Waals surface area (Å²) in [6, 6.07) is 10.2. The van der Waals surface area contributed by atoms with Gasteiger partial charge in [-0.2, -0.15) is 0 Å². The Hall–Kier alpha value is -2.37. The molecule has 1 aliphatic rings. The number of aromatic nitrogens is 2. The van der Waals surface area contributed by atoms with Crippen molar-refractivity contribution in [2.45, 2.75) is 19.4 Å². The van der Waals surface area contributed by atoms with Crippen LogP contribution in [0.2, 0.25) is 5.02 Å². The van der Waals surface area contributed by atoms with Crippen LogP contribution >= 0.6 is 11.6 Å². The molecule has 0 saturated carbocycles. The second-order valence-electron chi connectivity index (χ2n) is 6.76. The van der Waals surface area contributed by atoms with E-state index in [1.165, 1.54) is 11.1 Å². The molecule has 6 heteroatoms. The van der Waals surface area contributed by atoms with Crippen LogP contribution in [-0.4, -0.2) is 42.2 Å². The van der Waals surface area contributed by atoms with Gasteiger partial charge in [0.2, 0.25) is 0 Å². The quantitative estimate of drug-likeness (QED) is 0.668. The predicted octanol–water partition coefficient (Wildman–Crippen LogP) is 3.90. The van der Waals surface area contributed by atoms with Gasteiger partial charge >= 0.3 is 0 Å². The molecule has 1 aromatic carbocycles. The molecule has 27 heavy (non-hydrogen) atoms. The maximum atomic E-state index is 6.07. The molecule has 1 aliphatic heterocycles. The maximum Gasteiger partial charge on any atom is 0.160 e. The number of benzene rings is 1. The molecule has 0 radical (unpaired) electrons. The summed E-state index contributed by atoms with van der Waals surface area (Å²) >= 11 is 6.07. The van der Waals surface area contributed by atoms with Crippen molar-refractivity contribution in [3.8, 4) is 11.5 Å². The van der Waals surface area contributed by atoms with Gasteiger partial charge in [0.1, 0.15) is 0 Å². The number of pyridine rings is 2. The third-order valence-corrected chi connectivity index (χ3v) is 5.23. The van der Waals surface area contributed by atoms with Gasteiger partial charge < -0.3 is 9.47 Å². The van der Waals surface area contributed by atoms with Crippen LogP contribution in [-0.2, 0) is 19.4 Å². The summed E-state index contributed by atoms with van der Waals surface area (Å²) in [4.78, 5) is 11.5. The molecule has 4 rings (SSSR count). The minimum absolute atomic E-state index is 0.644. The van der Waals surface area contributed by atoms with Crippen molar-refractivity contribution in [3.63, 3.8) is 0 Å². The third kappa shape index (κ3) is 3.84. The fourth-order valence-corrected chi connectivity index (χ4v) is 3.74. The van der Waals surface area contributed by atoms with Crippen LogP contribution in [0.3, 0.4) is 0 Å². The number of halogens is 1. The summed E-state index contributed by atoms with van der Waals surface area (Å²) < 4.78 is 10.7. The zero-order chi connectivity index (χ0) is 18.8. The smallest absolute Gasteiger partial charge is 0.160 e. The molecule has 2 aromatic heterocycles. The Morgan fingerprint density at radius 3 is 2.78 bits per heavy atom. The predicted molar refractivity (Wildman–Crippen MR) is 107 cm³/mol. The van der Waals surface area contributed by atoms with Crippen LogP contribution in [0.1, 0.15) is 16.8 Å². The molecule has 0 spiro atoms. The van der Waals surface area contributed by atoms with E-state index in [1.807, 2.05) is 12.1 Å². The highest BCUT2D eigenvalue weighted by atomic mass is 35.5. The fraction of sp³-hybridized carbons (Fsp3) is 0.333. The van der Waals surface area contributed by atoms with Crippen LogP contribution in [0.15, 0.2) is 36.5 Å². The Kier molecular flexibility index (Phi) is 5.14. The van der Waals surface area contributed by atoms with Gasteiger partial charge in [-0.25, -0.2) is 9.97 Å². The lowest BCUT2D eigenvalue weighted by Gasteiger charge is -2.28. The average molecular weight is 384 g/mol. The first kappa shape index (κ1) is 18.0. The molecule has 0 saturated heterocycles. The number of ether oxygens (including phenoxy) is 2. The lowest BCUT2D eigenvalue weighted by molar-refractivity contribution is 0.255. The topological polar surface area (TPSA) is 47.5 Å². The molecule has 0 bridgehead atoms. The summed E-state index contributed by atoms with van der Waals surface area (Å²) in [5, 5.41) is 1.65.